The fourth-order valence-electron chi connectivity index (χ4n) is 2.00. The number of fused-ring (bicyclic) bond motifs is 1. The lowest BCUT2D eigenvalue weighted by Crippen LogP contribution is -1.92. The average molecular weight is 378 g/mol. The fraction of sp³-hybridized carbons (Fsp3) is 0.133. The van der Waals surface area contributed by atoms with E-state index in [1.54, 1.807) is 19.2 Å². The molecule has 0 aliphatic heterocycles. The average Bonchev–Trinajstić information content (AvgIpc) is 2.91. The number of methoxy groups -OCH3 is 1. The molecular weight excluding hydrogens is 366 g/mol. The molecule has 0 saturated carbocycles. The molecule has 7 heteroatoms. The molecule has 0 saturated heterocycles. The van der Waals surface area contributed by atoms with E-state index in [0.717, 1.165) is 20.3 Å². The molecule has 1 N–H and O–H groups in total. The van der Waals surface area contributed by atoms with Crippen LogP contribution in [-0.2, 0) is 6.54 Å². The summed E-state index contributed by atoms with van der Waals surface area (Å²) in [5, 5.41) is 18.5. The largest absolute Gasteiger partial charge is 0.508 e. The van der Waals surface area contributed by atoms with Gasteiger partial charge in [0.05, 0.1) is 23.9 Å². The molecular formula is C15H12BrN3O2S. The van der Waals surface area contributed by atoms with Crippen LogP contribution < -0.4 is 4.74 Å². The number of para-hydroxylation sites is 1. The number of benzene rings is 2. The molecule has 112 valence electrons. The van der Waals surface area contributed by atoms with E-state index in [0.29, 0.717) is 17.4 Å². The normalized spacial score (nSPS) is 11.4. The smallest absolute Gasteiger partial charge is 0.230 e. The Balaban J connectivity index is 1.82. The zero-order valence-electron chi connectivity index (χ0n) is 11.7. The predicted octanol–water partition coefficient (Wildman–Crippen LogP) is 5.06. The van der Waals surface area contributed by atoms with Gasteiger partial charge in [0.15, 0.2) is 0 Å². The Morgan fingerprint density at radius 3 is 2.91 bits per heavy atom. The van der Waals surface area contributed by atoms with Crippen LogP contribution in [0.3, 0.4) is 0 Å². The second-order valence-corrected chi connectivity index (χ2v) is 6.34. The van der Waals surface area contributed by atoms with E-state index in [4.69, 9.17) is 4.74 Å². The first-order chi connectivity index (χ1) is 10.7. The molecule has 0 bridgehead atoms. The number of phenols is 1. The lowest BCUT2D eigenvalue weighted by Gasteiger charge is -2.08. The van der Waals surface area contributed by atoms with Gasteiger partial charge in [-0.05, 0) is 18.2 Å². The molecule has 0 aliphatic rings. The van der Waals surface area contributed by atoms with E-state index in [1.165, 1.54) is 11.3 Å². The molecule has 0 atom stereocenters. The number of hydrogen-bond donors (Lipinski definition) is 1. The molecule has 0 fully saturated rings. The van der Waals surface area contributed by atoms with Gasteiger partial charge in [0.1, 0.15) is 11.5 Å². The first-order valence-electron chi connectivity index (χ1n) is 6.46. The minimum atomic E-state index is 0.135. The molecule has 2 aromatic carbocycles. The second kappa shape index (κ2) is 6.41. The molecule has 1 heterocycles. The van der Waals surface area contributed by atoms with Crippen molar-refractivity contribution < 1.29 is 9.84 Å². The van der Waals surface area contributed by atoms with Crippen molar-refractivity contribution >= 4 is 42.6 Å². The minimum Gasteiger partial charge on any atom is -0.508 e. The third kappa shape index (κ3) is 3.10. The Labute approximate surface area is 139 Å². The summed E-state index contributed by atoms with van der Waals surface area (Å²) in [7, 11) is 1.55. The van der Waals surface area contributed by atoms with Gasteiger partial charge in [-0.2, -0.15) is 5.11 Å². The van der Waals surface area contributed by atoms with Gasteiger partial charge >= 0.3 is 0 Å². The van der Waals surface area contributed by atoms with Crippen molar-refractivity contribution in [3.63, 3.8) is 0 Å². The van der Waals surface area contributed by atoms with Crippen molar-refractivity contribution in [2.24, 2.45) is 10.2 Å². The third-order valence-electron chi connectivity index (χ3n) is 3.03. The Morgan fingerprint density at radius 2 is 2.14 bits per heavy atom. The van der Waals surface area contributed by atoms with Crippen LogP contribution in [0.15, 0.2) is 51.1 Å². The van der Waals surface area contributed by atoms with Gasteiger partial charge in [0.2, 0.25) is 5.13 Å². The van der Waals surface area contributed by atoms with E-state index in [-0.39, 0.29) is 5.75 Å². The number of aromatic hydroxyl groups is 1. The number of halogens is 1. The second-order valence-electron chi connectivity index (χ2n) is 4.47. The number of azo groups is 1. The molecule has 0 unspecified atom stereocenters. The zero-order chi connectivity index (χ0) is 15.5. The van der Waals surface area contributed by atoms with E-state index in [1.807, 2.05) is 24.3 Å². The van der Waals surface area contributed by atoms with Crippen LogP contribution in [0.2, 0.25) is 0 Å². The topological polar surface area (TPSA) is 67.1 Å². The van der Waals surface area contributed by atoms with Gasteiger partial charge in [-0.1, -0.05) is 39.4 Å². The highest BCUT2D eigenvalue weighted by molar-refractivity contribution is 9.10. The maximum absolute atomic E-state index is 9.56. The summed E-state index contributed by atoms with van der Waals surface area (Å²) < 4.78 is 7.07. The lowest BCUT2D eigenvalue weighted by atomic mass is 10.2. The molecule has 3 aromatic rings. The van der Waals surface area contributed by atoms with Crippen LogP contribution in [-0.4, -0.2) is 17.2 Å². The van der Waals surface area contributed by atoms with Crippen molar-refractivity contribution in [2.75, 3.05) is 7.11 Å². The van der Waals surface area contributed by atoms with Crippen LogP contribution >= 0.6 is 27.3 Å². The molecule has 0 aliphatic carbocycles. The summed E-state index contributed by atoms with van der Waals surface area (Å²) >= 11 is 4.89. The van der Waals surface area contributed by atoms with E-state index < -0.39 is 0 Å². The van der Waals surface area contributed by atoms with E-state index >= 15 is 0 Å². The third-order valence-corrected chi connectivity index (χ3v) is 4.66. The summed E-state index contributed by atoms with van der Waals surface area (Å²) in [6, 6.07) is 11.0. The molecule has 0 radical (unpaired) electrons. The number of aromatic nitrogens is 1. The number of thiazole rings is 1. The maximum atomic E-state index is 9.56. The number of phenolic OH excluding ortho intramolecular Hbond substituents is 1. The fourth-order valence-corrected chi connectivity index (χ4v) is 3.36. The summed E-state index contributed by atoms with van der Waals surface area (Å²) in [6.07, 6.45) is 0. The minimum absolute atomic E-state index is 0.135. The van der Waals surface area contributed by atoms with Gasteiger partial charge in [0, 0.05) is 16.1 Å². The Kier molecular flexibility index (Phi) is 4.35. The monoisotopic (exact) mass is 377 g/mol. The molecule has 1 aromatic heterocycles. The number of hydrogen-bond acceptors (Lipinski definition) is 6. The summed E-state index contributed by atoms with van der Waals surface area (Å²) in [5.41, 5.74) is 1.75. The van der Waals surface area contributed by atoms with Crippen molar-refractivity contribution in [1.82, 2.24) is 4.98 Å². The van der Waals surface area contributed by atoms with Crippen molar-refractivity contribution in [3.8, 4) is 11.5 Å². The Hall–Kier alpha value is -1.99. The SMILES string of the molecule is COc1cc(O)cc(Br)c1CN=Nc1nc2ccccc2s1. The zero-order valence-corrected chi connectivity index (χ0v) is 14.1. The predicted molar refractivity (Wildman–Crippen MR) is 90.2 cm³/mol. The van der Waals surface area contributed by atoms with E-state index in [9.17, 15) is 5.11 Å². The van der Waals surface area contributed by atoms with Gasteiger partial charge in [-0.3, -0.25) is 0 Å². The molecule has 0 spiro atoms. The van der Waals surface area contributed by atoms with Gasteiger partial charge in [-0.15, -0.1) is 5.11 Å². The van der Waals surface area contributed by atoms with Crippen molar-refractivity contribution in [3.05, 3.63) is 46.4 Å². The highest BCUT2D eigenvalue weighted by atomic mass is 79.9. The quantitative estimate of drug-likeness (QED) is 0.646. The Bertz CT molecular complexity index is 815. The van der Waals surface area contributed by atoms with Gasteiger partial charge in [-0.25, -0.2) is 4.98 Å². The van der Waals surface area contributed by atoms with E-state index in [2.05, 4.69) is 31.1 Å². The highest BCUT2D eigenvalue weighted by Gasteiger charge is 2.09. The van der Waals surface area contributed by atoms with Crippen LogP contribution in [0, 0.1) is 0 Å². The number of nitrogens with zero attached hydrogens (tertiary/aromatic N) is 3. The number of rotatable bonds is 4. The van der Waals surface area contributed by atoms with Crippen LogP contribution in [0.4, 0.5) is 5.13 Å². The van der Waals surface area contributed by atoms with Crippen molar-refractivity contribution in [2.45, 2.75) is 6.54 Å². The summed E-state index contributed by atoms with van der Waals surface area (Å²) in [5.74, 6) is 0.700. The lowest BCUT2D eigenvalue weighted by molar-refractivity contribution is 0.402. The van der Waals surface area contributed by atoms with Gasteiger partial charge in [0.25, 0.3) is 0 Å². The molecule has 0 amide bonds. The Morgan fingerprint density at radius 1 is 1.32 bits per heavy atom. The molecule has 3 rings (SSSR count). The molecule has 5 nitrogen and oxygen atoms in total. The van der Waals surface area contributed by atoms with Crippen LogP contribution in [0.1, 0.15) is 5.56 Å². The number of ether oxygens (including phenoxy) is 1. The first-order valence-corrected chi connectivity index (χ1v) is 8.07. The van der Waals surface area contributed by atoms with Crippen LogP contribution in [0.5, 0.6) is 11.5 Å². The molecule has 22 heavy (non-hydrogen) atoms. The maximum Gasteiger partial charge on any atom is 0.230 e. The summed E-state index contributed by atoms with van der Waals surface area (Å²) in [6.45, 7) is 0.333. The van der Waals surface area contributed by atoms with Gasteiger partial charge < -0.3 is 9.84 Å². The highest BCUT2D eigenvalue weighted by Crippen LogP contribution is 2.33. The first kappa shape index (κ1) is 14.9. The standard InChI is InChI=1S/C15H12BrN3O2S/c1-21-13-7-9(20)6-11(16)10(13)8-17-19-15-18-12-4-2-3-5-14(12)22-15/h2-7,20H,8H2,1H3. The summed E-state index contributed by atoms with van der Waals surface area (Å²) in [4.78, 5) is 4.40. The van der Waals surface area contributed by atoms with Crippen molar-refractivity contribution in [1.29, 1.82) is 0 Å². The van der Waals surface area contributed by atoms with Crippen LogP contribution in [0.25, 0.3) is 10.2 Å².